The first-order valence-electron chi connectivity index (χ1n) is 6.98. The van der Waals surface area contributed by atoms with Crippen molar-refractivity contribution in [2.45, 2.75) is 38.1 Å². The maximum Gasteiger partial charge on any atom is 0.325 e. The van der Waals surface area contributed by atoms with Crippen LogP contribution in [0.5, 0.6) is 0 Å². The van der Waals surface area contributed by atoms with E-state index in [1.54, 1.807) is 6.92 Å². The summed E-state index contributed by atoms with van der Waals surface area (Å²) in [6, 6.07) is -0.541. The first-order chi connectivity index (χ1) is 9.56. The van der Waals surface area contributed by atoms with Gasteiger partial charge in [-0.05, 0) is 19.8 Å². The molecule has 1 spiro atoms. The van der Waals surface area contributed by atoms with Gasteiger partial charge in [-0.15, -0.1) is 0 Å². The van der Waals surface area contributed by atoms with E-state index in [1.807, 2.05) is 0 Å². The largest absolute Gasteiger partial charge is 0.466 e. The lowest BCUT2D eigenvalue weighted by Gasteiger charge is -2.37. The van der Waals surface area contributed by atoms with E-state index in [0.717, 1.165) is 17.7 Å². The zero-order valence-corrected chi connectivity index (χ0v) is 11.6. The maximum absolute atomic E-state index is 12.5. The minimum atomic E-state index is -1.18. The van der Waals surface area contributed by atoms with Crippen LogP contribution in [-0.4, -0.2) is 53.2 Å². The van der Waals surface area contributed by atoms with Gasteiger partial charge >= 0.3 is 12.0 Å². The molecule has 0 aromatic heterocycles. The zero-order chi connectivity index (χ0) is 14.8. The van der Waals surface area contributed by atoms with Crippen molar-refractivity contribution in [3.05, 3.63) is 0 Å². The molecule has 1 saturated carbocycles. The van der Waals surface area contributed by atoms with Crippen LogP contribution in [0.3, 0.4) is 0 Å². The fourth-order valence-electron chi connectivity index (χ4n) is 3.09. The number of nitrogens with zero attached hydrogens (tertiary/aromatic N) is 1. The van der Waals surface area contributed by atoms with Crippen molar-refractivity contribution in [2.24, 2.45) is 5.92 Å². The van der Waals surface area contributed by atoms with Crippen LogP contribution >= 0.6 is 0 Å². The van der Waals surface area contributed by atoms with Crippen LogP contribution < -0.4 is 5.32 Å². The Bertz CT molecular complexity index is 425. The molecule has 2 unspecified atom stereocenters. The van der Waals surface area contributed by atoms with Gasteiger partial charge in [-0.2, -0.15) is 0 Å². The van der Waals surface area contributed by atoms with Crippen LogP contribution in [0, 0.1) is 5.92 Å². The lowest BCUT2D eigenvalue weighted by molar-refractivity contribution is -0.156. The molecule has 0 aromatic carbocycles. The Hall–Kier alpha value is -1.63. The van der Waals surface area contributed by atoms with Crippen molar-refractivity contribution in [3.8, 4) is 0 Å². The second-order valence-electron chi connectivity index (χ2n) is 5.13. The van der Waals surface area contributed by atoms with E-state index in [4.69, 9.17) is 9.84 Å². The molecule has 1 saturated heterocycles. The molecule has 20 heavy (non-hydrogen) atoms. The molecule has 3 amide bonds. The van der Waals surface area contributed by atoms with Gasteiger partial charge in [-0.25, -0.2) is 4.79 Å². The molecule has 7 heteroatoms. The average Bonchev–Trinajstić information content (AvgIpc) is 2.65. The summed E-state index contributed by atoms with van der Waals surface area (Å²) in [7, 11) is 0. The summed E-state index contributed by atoms with van der Waals surface area (Å²) in [4.78, 5) is 37.5. The van der Waals surface area contributed by atoms with Gasteiger partial charge in [0.15, 0.2) is 0 Å². The van der Waals surface area contributed by atoms with Gasteiger partial charge in [0, 0.05) is 0 Å². The van der Waals surface area contributed by atoms with Gasteiger partial charge in [0.05, 0.1) is 25.7 Å². The number of carbonyl (C=O) groups excluding carboxylic acids is 3. The summed E-state index contributed by atoms with van der Waals surface area (Å²) in [6.07, 6.45) is 2.56. The Morgan fingerprint density at radius 2 is 2.25 bits per heavy atom. The van der Waals surface area contributed by atoms with E-state index in [1.165, 1.54) is 0 Å². The Kier molecular flexibility index (Phi) is 4.27. The number of β-amino-alcohol motifs (C(OH)–C–C–N with tert-alkyl or cyclic N) is 1. The molecular formula is C13H20N2O5. The Morgan fingerprint density at radius 1 is 1.50 bits per heavy atom. The monoisotopic (exact) mass is 284 g/mol. The normalized spacial score (nSPS) is 29.7. The standard InChI is InChI=1S/C13H20N2O5/c1-2-20-10(17)9-5-3-4-6-13(9)11(18)15(7-8-16)12(19)14-13/h9,16H,2-8H2,1H3,(H,14,19). The third-order valence-corrected chi connectivity index (χ3v) is 4.01. The van der Waals surface area contributed by atoms with Crippen LogP contribution in [0.4, 0.5) is 4.79 Å². The number of rotatable bonds is 4. The fraction of sp³-hybridized carbons (Fsp3) is 0.769. The third kappa shape index (κ3) is 2.26. The molecule has 1 aliphatic heterocycles. The molecule has 7 nitrogen and oxygen atoms in total. The van der Waals surface area contributed by atoms with Crippen LogP contribution in [0.1, 0.15) is 32.6 Å². The highest BCUT2D eigenvalue weighted by Crippen LogP contribution is 2.39. The number of nitrogens with one attached hydrogen (secondary N) is 1. The smallest absolute Gasteiger partial charge is 0.325 e. The zero-order valence-electron chi connectivity index (χ0n) is 11.6. The topological polar surface area (TPSA) is 95.9 Å². The van der Waals surface area contributed by atoms with Gasteiger partial charge in [-0.3, -0.25) is 14.5 Å². The molecule has 2 rings (SSSR count). The molecule has 0 radical (unpaired) electrons. The number of amides is 3. The number of esters is 1. The lowest BCUT2D eigenvalue weighted by Crippen LogP contribution is -2.57. The molecular weight excluding hydrogens is 264 g/mol. The highest BCUT2D eigenvalue weighted by molar-refractivity contribution is 6.09. The highest BCUT2D eigenvalue weighted by Gasteiger charge is 2.58. The summed E-state index contributed by atoms with van der Waals surface area (Å²) in [5.74, 6) is -1.50. The molecule has 2 fully saturated rings. The molecule has 2 atom stereocenters. The van der Waals surface area contributed by atoms with E-state index >= 15 is 0 Å². The number of aliphatic hydroxyl groups is 1. The van der Waals surface area contributed by atoms with Crippen LogP contribution in [0.2, 0.25) is 0 Å². The second-order valence-corrected chi connectivity index (χ2v) is 5.13. The lowest BCUT2D eigenvalue weighted by atomic mass is 9.72. The molecule has 1 heterocycles. The summed E-state index contributed by atoms with van der Waals surface area (Å²) in [6.45, 7) is 1.61. The minimum Gasteiger partial charge on any atom is -0.466 e. The van der Waals surface area contributed by atoms with Crippen LogP contribution in [0.15, 0.2) is 0 Å². The second kappa shape index (κ2) is 5.78. The number of carbonyl (C=O) groups is 3. The maximum atomic E-state index is 12.5. The van der Waals surface area contributed by atoms with Crippen LogP contribution in [0.25, 0.3) is 0 Å². The van der Waals surface area contributed by atoms with Crippen molar-refractivity contribution >= 4 is 17.9 Å². The molecule has 1 aliphatic carbocycles. The molecule has 0 aromatic rings. The predicted octanol–water partition coefficient (Wildman–Crippen LogP) is 0.0226. The van der Waals surface area contributed by atoms with Crippen molar-refractivity contribution in [1.29, 1.82) is 0 Å². The van der Waals surface area contributed by atoms with Crippen molar-refractivity contribution in [1.82, 2.24) is 10.2 Å². The summed E-state index contributed by atoms with van der Waals surface area (Å²) in [5.41, 5.74) is -1.18. The van der Waals surface area contributed by atoms with Gasteiger partial charge in [-0.1, -0.05) is 12.8 Å². The molecule has 2 aliphatic rings. The number of aliphatic hydroxyl groups excluding tert-OH is 1. The molecule has 112 valence electrons. The Balaban J connectivity index is 2.28. The van der Waals surface area contributed by atoms with Crippen molar-refractivity contribution in [2.75, 3.05) is 19.8 Å². The number of imide groups is 1. The number of hydrogen-bond acceptors (Lipinski definition) is 5. The summed E-state index contributed by atoms with van der Waals surface area (Å²) < 4.78 is 5.04. The number of urea groups is 1. The van der Waals surface area contributed by atoms with Crippen molar-refractivity contribution < 1.29 is 24.2 Å². The summed E-state index contributed by atoms with van der Waals surface area (Å²) in [5, 5.41) is 11.6. The van der Waals surface area contributed by atoms with Gasteiger partial charge in [0.2, 0.25) is 0 Å². The van der Waals surface area contributed by atoms with E-state index in [2.05, 4.69) is 5.32 Å². The van der Waals surface area contributed by atoms with Gasteiger partial charge in [0.1, 0.15) is 5.54 Å². The van der Waals surface area contributed by atoms with Crippen LogP contribution in [-0.2, 0) is 14.3 Å². The molecule has 2 N–H and O–H groups in total. The molecule has 0 bridgehead atoms. The number of ether oxygens (including phenoxy) is 1. The quantitative estimate of drug-likeness (QED) is 0.560. The third-order valence-electron chi connectivity index (χ3n) is 4.01. The predicted molar refractivity (Wildman–Crippen MR) is 68.7 cm³/mol. The Morgan fingerprint density at radius 3 is 2.90 bits per heavy atom. The average molecular weight is 284 g/mol. The van der Waals surface area contributed by atoms with E-state index < -0.39 is 29.4 Å². The first kappa shape index (κ1) is 14.8. The SMILES string of the molecule is CCOC(=O)C1CCCCC12NC(=O)N(CCO)C2=O. The Labute approximate surface area is 117 Å². The van der Waals surface area contributed by atoms with Gasteiger partial charge in [0.25, 0.3) is 5.91 Å². The minimum absolute atomic E-state index is 0.0536. The summed E-state index contributed by atoms with van der Waals surface area (Å²) >= 11 is 0. The van der Waals surface area contributed by atoms with E-state index in [-0.39, 0.29) is 19.8 Å². The van der Waals surface area contributed by atoms with E-state index in [0.29, 0.717) is 12.8 Å². The van der Waals surface area contributed by atoms with E-state index in [9.17, 15) is 14.4 Å². The fourth-order valence-corrected chi connectivity index (χ4v) is 3.09. The number of hydrogen-bond donors (Lipinski definition) is 2. The van der Waals surface area contributed by atoms with Gasteiger partial charge < -0.3 is 15.2 Å². The highest BCUT2D eigenvalue weighted by atomic mass is 16.5. The van der Waals surface area contributed by atoms with Crippen molar-refractivity contribution in [3.63, 3.8) is 0 Å². The first-order valence-corrected chi connectivity index (χ1v) is 6.98.